The molecule has 0 aromatic heterocycles. The first-order chi connectivity index (χ1) is 14.1. The number of carbonyl (C=O) groups is 2. The van der Waals surface area contributed by atoms with Crippen molar-refractivity contribution in [1.82, 2.24) is 5.32 Å². The van der Waals surface area contributed by atoms with Gasteiger partial charge in [-0.15, -0.1) is 0 Å². The van der Waals surface area contributed by atoms with Gasteiger partial charge in [0.2, 0.25) is 5.91 Å². The molecule has 0 saturated carbocycles. The molecule has 0 spiro atoms. The maximum atomic E-state index is 12.3. The standard InChI is InChI=1S/C24H29N3O2/c1-18-12-13-21(27-24(29)20-10-6-3-7-11-20)16-22(18)26-17-23(28)25-15-14-19-8-4-2-5-9-19/h3,6-8,10-13,16,26H,2,4-5,9,14-15,17H2,1H3,(H,25,28)(H,27,29). The van der Waals surface area contributed by atoms with Crippen LogP contribution in [0.2, 0.25) is 0 Å². The molecule has 5 heteroatoms. The summed E-state index contributed by atoms with van der Waals surface area (Å²) in [5.74, 6) is -0.185. The number of aryl methyl sites for hydroxylation is 1. The molecule has 0 heterocycles. The molecule has 0 aliphatic heterocycles. The lowest BCUT2D eigenvalue weighted by Gasteiger charge is -2.14. The summed E-state index contributed by atoms with van der Waals surface area (Å²) < 4.78 is 0. The summed E-state index contributed by atoms with van der Waals surface area (Å²) in [4.78, 5) is 24.5. The van der Waals surface area contributed by atoms with E-state index in [-0.39, 0.29) is 18.4 Å². The number of nitrogens with one attached hydrogen (secondary N) is 3. The quantitative estimate of drug-likeness (QED) is 0.573. The summed E-state index contributed by atoms with van der Waals surface area (Å²) in [7, 11) is 0. The van der Waals surface area contributed by atoms with Crippen LogP contribution in [0.25, 0.3) is 0 Å². The fraction of sp³-hybridized carbons (Fsp3) is 0.333. The molecule has 0 radical (unpaired) electrons. The third-order valence-corrected chi connectivity index (χ3v) is 5.12. The van der Waals surface area contributed by atoms with Gasteiger partial charge in [-0.25, -0.2) is 0 Å². The van der Waals surface area contributed by atoms with Gasteiger partial charge in [-0.1, -0.05) is 35.9 Å². The lowest BCUT2D eigenvalue weighted by molar-refractivity contribution is -0.119. The van der Waals surface area contributed by atoms with Crippen molar-refractivity contribution >= 4 is 23.2 Å². The molecule has 0 bridgehead atoms. The Morgan fingerprint density at radius 3 is 2.62 bits per heavy atom. The van der Waals surface area contributed by atoms with Crippen LogP contribution in [0.4, 0.5) is 11.4 Å². The van der Waals surface area contributed by atoms with Gasteiger partial charge < -0.3 is 16.0 Å². The molecule has 1 aliphatic carbocycles. The molecule has 2 aromatic carbocycles. The van der Waals surface area contributed by atoms with Crippen LogP contribution >= 0.6 is 0 Å². The van der Waals surface area contributed by atoms with Crippen LogP contribution in [0.5, 0.6) is 0 Å². The zero-order chi connectivity index (χ0) is 20.5. The van der Waals surface area contributed by atoms with Gasteiger partial charge in [0.1, 0.15) is 0 Å². The molecule has 0 unspecified atom stereocenters. The zero-order valence-electron chi connectivity index (χ0n) is 17.0. The Morgan fingerprint density at radius 1 is 1.03 bits per heavy atom. The minimum absolute atomic E-state index is 0.0282. The Bertz CT molecular complexity index is 875. The summed E-state index contributed by atoms with van der Waals surface area (Å²) in [5.41, 5.74) is 4.61. The maximum Gasteiger partial charge on any atom is 0.255 e. The second kappa shape index (κ2) is 10.5. The van der Waals surface area contributed by atoms with Gasteiger partial charge in [0.25, 0.3) is 5.91 Å². The second-order valence-corrected chi connectivity index (χ2v) is 7.41. The maximum absolute atomic E-state index is 12.3. The fourth-order valence-electron chi connectivity index (χ4n) is 3.42. The smallest absolute Gasteiger partial charge is 0.255 e. The molecule has 2 amide bonds. The van der Waals surface area contributed by atoms with Crippen molar-refractivity contribution < 1.29 is 9.59 Å². The van der Waals surface area contributed by atoms with E-state index in [4.69, 9.17) is 0 Å². The highest BCUT2D eigenvalue weighted by Crippen LogP contribution is 2.21. The topological polar surface area (TPSA) is 70.2 Å². The first-order valence-electron chi connectivity index (χ1n) is 10.3. The van der Waals surface area contributed by atoms with Gasteiger partial charge in [0.15, 0.2) is 0 Å². The SMILES string of the molecule is Cc1ccc(NC(=O)c2ccccc2)cc1NCC(=O)NCCC1=CCCCC1. The van der Waals surface area contributed by atoms with Gasteiger partial charge in [-0.2, -0.15) is 0 Å². The van der Waals surface area contributed by atoms with E-state index in [1.54, 1.807) is 12.1 Å². The highest BCUT2D eigenvalue weighted by Gasteiger charge is 2.09. The van der Waals surface area contributed by atoms with Gasteiger partial charge in [-0.3, -0.25) is 9.59 Å². The molecular formula is C24H29N3O2. The molecule has 3 rings (SSSR count). The predicted molar refractivity (Wildman–Crippen MR) is 118 cm³/mol. The van der Waals surface area contributed by atoms with Crippen LogP contribution in [-0.2, 0) is 4.79 Å². The van der Waals surface area contributed by atoms with Crippen molar-refractivity contribution in [2.45, 2.75) is 39.0 Å². The van der Waals surface area contributed by atoms with E-state index in [0.29, 0.717) is 17.8 Å². The highest BCUT2D eigenvalue weighted by molar-refractivity contribution is 6.04. The molecule has 5 nitrogen and oxygen atoms in total. The molecule has 152 valence electrons. The zero-order valence-corrected chi connectivity index (χ0v) is 17.0. The number of anilines is 2. The van der Waals surface area contributed by atoms with Gasteiger partial charge in [0.05, 0.1) is 6.54 Å². The predicted octanol–water partition coefficient (Wildman–Crippen LogP) is 4.67. The van der Waals surface area contributed by atoms with Crippen molar-refractivity contribution in [3.8, 4) is 0 Å². The van der Waals surface area contributed by atoms with E-state index in [2.05, 4.69) is 22.0 Å². The highest BCUT2D eigenvalue weighted by atomic mass is 16.2. The van der Waals surface area contributed by atoms with Crippen molar-refractivity contribution in [3.05, 3.63) is 71.3 Å². The number of allylic oxidation sites excluding steroid dienone is 1. The van der Waals surface area contributed by atoms with Gasteiger partial charge >= 0.3 is 0 Å². The molecule has 3 N–H and O–H groups in total. The number of hydrogen-bond donors (Lipinski definition) is 3. The molecule has 2 aromatic rings. The summed E-state index contributed by atoms with van der Waals surface area (Å²) in [6.45, 7) is 2.85. The third kappa shape index (κ3) is 6.49. The van der Waals surface area contributed by atoms with Crippen LogP contribution < -0.4 is 16.0 Å². The molecule has 29 heavy (non-hydrogen) atoms. The Labute approximate surface area is 172 Å². The Balaban J connectivity index is 1.48. The van der Waals surface area contributed by atoms with Crippen LogP contribution in [0, 0.1) is 6.92 Å². The second-order valence-electron chi connectivity index (χ2n) is 7.41. The molecule has 0 atom stereocenters. The van der Waals surface area contributed by atoms with Crippen LogP contribution in [0.15, 0.2) is 60.2 Å². The van der Waals surface area contributed by atoms with Crippen LogP contribution in [0.1, 0.15) is 48.0 Å². The summed E-state index contributed by atoms with van der Waals surface area (Å²) in [6.07, 6.45) is 8.12. The van der Waals surface area contributed by atoms with E-state index < -0.39 is 0 Å². The average Bonchev–Trinajstić information content (AvgIpc) is 2.75. The van der Waals surface area contributed by atoms with Crippen molar-refractivity contribution in [3.63, 3.8) is 0 Å². The van der Waals surface area contributed by atoms with E-state index in [0.717, 1.165) is 24.1 Å². The molecule has 0 fully saturated rings. The Hall–Kier alpha value is -3.08. The lowest BCUT2D eigenvalue weighted by atomic mass is 9.97. The monoisotopic (exact) mass is 391 g/mol. The van der Waals surface area contributed by atoms with E-state index >= 15 is 0 Å². The summed E-state index contributed by atoms with van der Waals surface area (Å²) >= 11 is 0. The lowest BCUT2D eigenvalue weighted by Crippen LogP contribution is -2.31. The molecule has 0 saturated heterocycles. The first-order valence-corrected chi connectivity index (χ1v) is 10.3. The minimum Gasteiger partial charge on any atom is -0.376 e. The third-order valence-electron chi connectivity index (χ3n) is 5.12. The van der Waals surface area contributed by atoms with Gasteiger partial charge in [-0.05, 0) is 68.9 Å². The number of hydrogen-bond acceptors (Lipinski definition) is 3. The fourth-order valence-corrected chi connectivity index (χ4v) is 3.42. The van der Waals surface area contributed by atoms with Crippen LogP contribution in [-0.4, -0.2) is 24.9 Å². The minimum atomic E-state index is -0.157. The average molecular weight is 392 g/mol. The normalized spacial score (nSPS) is 13.3. The number of amides is 2. The van der Waals surface area contributed by atoms with Crippen molar-refractivity contribution in [2.24, 2.45) is 0 Å². The van der Waals surface area contributed by atoms with Crippen molar-refractivity contribution in [2.75, 3.05) is 23.7 Å². The van der Waals surface area contributed by atoms with E-state index in [1.807, 2.05) is 43.3 Å². The number of benzene rings is 2. The number of carbonyl (C=O) groups excluding carboxylic acids is 2. The molecular weight excluding hydrogens is 362 g/mol. The Morgan fingerprint density at radius 2 is 1.86 bits per heavy atom. The Kier molecular flexibility index (Phi) is 7.45. The van der Waals surface area contributed by atoms with E-state index in [1.165, 1.54) is 24.8 Å². The summed E-state index contributed by atoms with van der Waals surface area (Å²) in [5, 5.41) is 9.05. The van der Waals surface area contributed by atoms with Gasteiger partial charge in [0, 0.05) is 23.5 Å². The largest absolute Gasteiger partial charge is 0.376 e. The van der Waals surface area contributed by atoms with E-state index in [9.17, 15) is 9.59 Å². The molecule has 1 aliphatic rings. The van der Waals surface area contributed by atoms with Crippen LogP contribution in [0.3, 0.4) is 0 Å². The number of rotatable bonds is 8. The first kappa shape index (κ1) is 20.6. The summed E-state index contributed by atoms with van der Waals surface area (Å²) in [6, 6.07) is 14.7. The van der Waals surface area contributed by atoms with Crippen molar-refractivity contribution in [1.29, 1.82) is 0 Å².